The van der Waals surface area contributed by atoms with E-state index in [2.05, 4.69) is 9.40 Å². The van der Waals surface area contributed by atoms with Crippen molar-refractivity contribution in [2.24, 2.45) is 0 Å². The highest BCUT2D eigenvalue weighted by Crippen LogP contribution is 2.34. The Balaban J connectivity index is 2.11. The molecule has 0 aliphatic heterocycles. The Morgan fingerprint density at radius 3 is 2.30 bits per heavy atom. The Kier molecular flexibility index (Phi) is 2.74. The minimum absolute atomic E-state index is 0.290. The Morgan fingerprint density at radius 2 is 1.65 bits per heavy atom. The summed E-state index contributed by atoms with van der Waals surface area (Å²) >= 11 is 0. The predicted octanol–water partition coefficient (Wildman–Crippen LogP) is 4.65. The fourth-order valence-electron chi connectivity index (χ4n) is 1.92. The minimum atomic E-state index is -4.87. The molecule has 0 amide bonds. The van der Waals surface area contributed by atoms with E-state index in [4.69, 9.17) is 0 Å². The van der Waals surface area contributed by atoms with Gasteiger partial charge in [0, 0.05) is 5.56 Å². The van der Waals surface area contributed by atoms with E-state index in [0.717, 1.165) is 10.8 Å². The normalized spacial score (nSPS) is 12.0. The van der Waals surface area contributed by atoms with Crippen LogP contribution in [0, 0.1) is 6.01 Å². The molecule has 0 N–H and O–H groups in total. The highest BCUT2D eigenvalue weighted by Gasteiger charge is 2.39. The minimum Gasteiger partial charge on any atom is -0.410 e. The average molecular weight is 281 g/mol. The molecule has 0 atom stereocenters. The van der Waals surface area contributed by atoms with Gasteiger partial charge < -0.3 is 4.42 Å². The van der Waals surface area contributed by atoms with Crippen molar-refractivity contribution >= 4 is 10.8 Å². The summed E-state index contributed by atoms with van der Waals surface area (Å²) in [6, 6.07) is 10.4. The Morgan fingerprint density at radius 1 is 0.950 bits per heavy atom. The Hall–Kier alpha value is -2.37. The Labute approximate surface area is 110 Å². The van der Waals surface area contributed by atoms with Gasteiger partial charge in [0.1, 0.15) is 0 Å². The largest absolute Gasteiger partial charge is 0.439 e. The van der Waals surface area contributed by atoms with Crippen molar-refractivity contribution in [3.8, 4) is 11.5 Å². The molecule has 0 aliphatic rings. The topological polar surface area (TPSA) is 26.0 Å². The molecule has 0 aliphatic carbocycles. The van der Waals surface area contributed by atoms with Crippen LogP contribution in [0.4, 0.5) is 17.6 Å². The van der Waals surface area contributed by atoms with Gasteiger partial charge in [-0.15, -0.1) is 0 Å². The number of fused-ring (bicyclic) bond motifs is 1. The summed E-state index contributed by atoms with van der Waals surface area (Å²) in [7, 11) is 0. The standard InChI is InChI=1S/C14H7F4NO/c15-12-11(14(16,17)18)19-13(20-12)10-6-5-8-3-1-2-4-9(8)7-10/h1-7H. The fourth-order valence-corrected chi connectivity index (χ4v) is 1.92. The van der Waals surface area contributed by atoms with E-state index in [1.165, 1.54) is 6.07 Å². The third-order valence-electron chi connectivity index (χ3n) is 2.85. The molecule has 0 saturated heterocycles. The summed E-state index contributed by atoms with van der Waals surface area (Å²) < 4.78 is 55.0. The first-order chi connectivity index (χ1) is 9.45. The van der Waals surface area contributed by atoms with Crippen LogP contribution in [0.25, 0.3) is 22.2 Å². The SMILES string of the molecule is Fc1oc(-c2ccc3ccccc3c2)nc1C(F)(F)F. The quantitative estimate of drug-likeness (QED) is 0.607. The fraction of sp³-hybridized carbons (Fsp3) is 0.0714. The van der Waals surface area contributed by atoms with Gasteiger partial charge in [-0.1, -0.05) is 30.3 Å². The highest BCUT2D eigenvalue weighted by molar-refractivity contribution is 5.86. The summed E-state index contributed by atoms with van der Waals surface area (Å²) in [5.41, 5.74) is -1.35. The van der Waals surface area contributed by atoms with E-state index < -0.39 is 17.9 Å². The molecule has 0 spiro atoms. The van der Waals surface area contributed by atoms with Crippen LogP contribution in [0.1, 0.15) is 5.69 Å². The zero-order chi connectivity index (χ0) is 14.3. The number of nitrogens with zero attached hydrogens (tertiary/aromatic N) is 1. The third kappa shape index (κ3) is 2.13. The van der Waals surface area contributed by atoms with Crippen molar-refractivity contribution in [3.63, 3.8) is 0 Å². The lowest BCUT2D eigenvalue weighted by Gasteiger charge is -2.00. The second-order valence-electron chi connectivity index (χ2n) is 4.20. The maximum absolute atomic E-state index is 13.2. The first kappa shape index (κ1) is 12.7. The number of aromatic nitrogens is 1. The van der Waals surface area contributed by atoms with E-state index in [9.17, 15) is 17.6 Å². The maximum Gasteiger partial charge on any atom is 0.439 e. The first-order valence-corrected chi connectivity index (χ1v) is 5.68. The lowest BCUT2D eigenvalue weighted by molar-refractivity contribution is -0.144. The zero-order valence-electron chi connectivity index (χ0n) is 9.91. The van der Waals surface area contributed by atoms with Crippen LogP contribution in [0.5, 0.6) is 0 Å². The van der Waals surface area contributed by atoms with Gasteiger partial charge in [-0.3, -0.25) is 0 Å². The van der Waals surface area contributed by atoms with Crippen LogP contribution >= 0.6 is 0 Å². The molecule has 0 fully saturated rings. The molecule has 1 aromatic heterocycles. The lowest BCUT2D eigenvalue weighted by atomic mass is 10.1. The molecule has 2 aromatic carbocycles. The van der Waals surface area contributed by atoms with Gasteiger partial charge in [-0.05, 0) is 22.9 Å². The maximum atomic E-state index is 13.2. The number of hydrogen-bond donors (Lipinski definition) is 0. The van der Waals surface area contributed by atoms with E-state index in [1.54, 1.807) is 24.3 Å². The Bertz CT molecular complexity index is 776. The van der Waals surface area contributed by atoms with Gasteiger partial charge in [0.15, 0.2) is 0 Å². The van der Waals surface area contributed by atoms with Crippen LogP contribution in [0.2, 0.25) is 0 Å². The van der Waals surface area contributed by atoms with Gasteiger partial charge in [-0.25, -0.2) is 4.98 Å². The molecule has 0 radical (unpaired) electrons. The van der Waals surface area contributed by atoms with E-state index in [-0.39, 0.29) is 11.5 Å². The van der Waals surface area contributed by atoms with E-state index >= 15 is 0 Å². The number of halogens is 4. The monoisotopic (exact) mass is 281 g/mol. The molecule has 3 aromatic rings. The molecule has 102 valence electrons. The van der Waals surface area contributed by atoms with E-state index in [0.29, 0.717) is 0 Å². The molecule has 20 heavy (non-hydrogen) atoms. The van der Waals surface area contributed by atoms with Crippen molar-refractivity contribution in [3.05, 3.63) is 54.2 Å². The molecular formula is C14H7F4NO. The molecule has 3 rings (SSSR count). The average Bonchev–Trinajstić information content (AvgIpc) is 2.80. The van der Waals surface area contributed by atoms with Crippen molar-refractivity contribution in [2.45, 2.75) is 6.18 Å². The van der Waals surface area contributed by atoms with Crippen LogP contribution in [-0.4, -0.2) is 4.98 Å². The summed E-state index contributed by atoms with van der Waals surface area (Å²) in [5, 5.41) is 1.72. The first-order valence-electron chi connectivity index (χ1n) is 5.68. The number of hydrogen-bond acceptors (Lipinski definition) is 2. The number of alkyl halides is 3. The van der Waals surface area contributed by atoms with Crippen molar-refractivity contribution in [1.29, 1.82) is 0 Å². The number of benzene rings is 2. The van der Waals surface area contributed by atoms with Crippen LogP contribution < -0.4 is 0 Å². The highest BCUT2D eigenvalue weighted by atomic mass is 19.4. The van der Waals surface area contributed by atoms with Crippen molar-refractivity contribution in [2.75, 3.05) is 0 Å². The van der Waals surface area contributed by atoms with Crippen LogP contribution in [0.15, 0.2) is 46.9 Å². The second-order valence-corrected chi connectivity index (χ2v) is 4.20. The van der Waals surface area contributed by atoms with Crippen molar-refractivity contribution in [1.82, 2.24) is 4.98 Å². The van der Waals surface area contributed by atoms with Gasteiger partial charge in [-0.2, -0.15) is 17.6 Å². The molecule has 2 nitrogen and oxygen atoms in total. The third-order valence-corrected chi connectivity index (χ3v) is 2.85. The van der Waals surface area contributed by atoms with Crippen LogP contribution in [-0.2, 0) is 6.18 Å². The number of rotatable bonds is 1. The molecule has 0 unspecified atom stereocenters. The van der Waals surface area contributed by atoms with Gasteiger partial charge in [0.25, 0.3) is 0 Å². The summed E-state index contributed by atoms with van der Waals surface area (Å²) in [6.07, 6.45) is -4.87. The number of oxazole rings is 1. The van der Waals surface area contributed by atoms with E-state index in [1.807, 2.05) is 12.1 Å². The summed E-state index contributed by atoms with van der Waals surface area (Å²) in [4.78, 5) is 3.19. The predicted molar refractivity (Wildman–Crippen MR) is 64.4 cm³/mol. The van der Waals surface area contributed by atoms with Crippen molar-refractivity contribution < 1.29 is 22.0 Å². The van der Waals surface area contributed by atoms with Gasteiger partial charge in [0.2, 0.25) is 11.6 Å². The molecule has 0 bridgehead atoms. The van der Waals surface area contributed by atoms with Crippen LogP contribution in [0.3, 0.4) is 0 Å². The second kappa shape index (κ2) is 4.33. The molecule has 1 heterocycles. The zero-order valence-corrected chi connectivity index (χ0v) is 9.91. The van der Waals surface area contributed by atoms with Gasteiger partial charge in [0.05, 0.1) is 0 Å². The molecular weight excluding hydrogens is 274 g/mol. The smallest absolute Gasteiger partial charge is 0.410 e. The molecule has 0 saturated carbocycles. The summed E-state index contributed by atoms with van der Waals surface area (Å²) in [5.74, 6) is -0.388. The lowest BCUT2D eigenvalue weighted by Crippen LogP contribution is -2.07. The summed E-state index contributed by atoms with van der Waals surface area (Å²) in [6.45, 7) is 0. The molecule has 6 heteroatoms. The van der Waals surface area contributed by atoms with Gasteiger partial charge >= 0.3 is 12.2 Å².